The Hall–Kier alpha value is -3.74. The minimum atomic E-state index is -1.89. The van der Waals surface area contributed by atoms with Crippen LogP contribution in [0.4, 0.5) is 0 Å². The third kappa shape index (κ3) is 8.05. The molecule has 2 aliphatic heterocycles. The number of benzene rings is 2. The van der Waals surface area contributed by atoms with Gasteiger partial charge in [0.05, 0.1) is 7.11 Å². The lowest BCUT2D eigenvalue weighted by Crippen LogP contribution is -2.61. The van der Waals surface area contributed by atoms with Gasteiger partial charge < -0.3 is 69.6 Å². The SMILES string of the molecule is COc1ccc(CC(C)C(C)Cc2ccc(O)c(OC3OC(C(=O)O)C(O)C(O)C3O)c2)cc1OC1OC(C(=O)O)C(O)C(O)C1O. The fourth-order valence-corrected chi connectivity index (χ4v) is 5.42. The van der Waals surface area contributed by atoms with Gasteiger partial charge in [0.1, 0.15) is 36.6 Å². The monoisotopic (exact) mass is 668 g/mol. The van der Waals surface area contributed by atoms with Crippen molar-refractivity contribution in [3.63, 3.8) is 0 Å². The van der Waals surface area contributed by atoms with Crippen LogP contribution in [0.1, 0.15) is 25.0 Å². The van der Waals surface area contributed by atoms with Gasteiger partial charge >= 0.3 is 11.9 Å². The molecule has 9 N–H and O–H groups in total. The summed E-state index contributed by atoms with van der Waals surface area (Å²) in [7, 11) is 1.38. The number of carbonyl (C=O) groups is 2. The number of hydrogen-bond donors (Lipinski definition) is 9. The number of carboxylic acids is 2. The summed E-state index contributed by atoms with van der Waals surface area (Å²) in [5.74, 6) is -3.15. The van der Waals surface area contributed by atoms with Crippen LogP contribution in [0.25, 0.3) is 0 Å². The molecule has 4 rings (SSSR count). The van der Waals surface area contributed by atoms with Crippen LogP contribution in [0.3, 0.4) is 0 Å². The minimum Gasteiger partial charge on any atom is -0.504 e. The zero-order valence-electron chi connectivity index (χ0n) is 25.7. The maximum absolute atomic E-state index is 11.5. The van der Waals surface area contributed by atoms with Crippen molar-refractivity contribution >= 4 is 11.9 Å². The first-order valence-electron chi connectivity index (χ1n) is 14.8. The summed E-state index contributed by atoms with van der Waals surface area (Å²) in [6.07, 6.45) is -17.0. The van der Waals surface area contributed by atoms with Crippen molar-refractivity contribution in [3.8, 4) is 23.0 Å². The molecule has 0 aliphatic carbocycles. The van der Waals surface area contributed by atoms with Gasteiger partial charge in [-0.1, -0.05) is 26.0 Å². The summed E-state index contributed by atoms with van der Waals surface area (Å²) >= 11 is 0. The Bertz CT molecular complexity index is 1400. The molecule has 12 unspecified atom stereocenters. The molecule has 0 radical (unpaired) electrons. The van der Waals surface area contributed by atoms with Crippen molar-refractivity contribution < 1.29 is 79.2 Å². The van der Waals surface area contributed by atoms with Crippen molar-refractivity contribution in [2.45, 2.75) is 88.1 Å². The number of aliphatic carboxylic acids is 2. The highest BCUT2D eigenvalue weighted by molar-refractivity contribution is 5.74. The van der Waals surface area contributed by atoms with E-state index >= 15 is 0 Å². The number of carboxylic acid groups (broad SMARTS) is 2. The average molecular weight is 669 g/mol. The first kappa shape index (κ1) is 36.1. The molecule has 47 heavy (non-hydrogen) atoms. The number of aliphatic hydroxyl groups is 6. The fourth-order valence-electron chi connectivity index (χ4n) is 5.42. The molecule has 2 aliphatic rings. The molecule has 0 saturated carbocycles. The van der Waals surface area contributed by atoms with E-state index < -0.39 is 73.4 Å². The van der Waals surface area contributed by atoms with Crippen LogP contribution in [-0.4, -0.2) is 126 Å². The van der Waals surface area contributed by atoms with E-state index in [2.05, 4.69) is 0 Å². The summed E-state index contributed by atoms with van der Waals surface area (Å²) in [5.41, 5.74) is 1.50. The Labute approximate surface area is 268 Å². The molecule has 0 bridgehead atoms. The third-order valence-electron chi connectivity index (χ3n) is 8.45. The van der Waals surface area contributed by atoms with Gasteiger partial charge in [0.25, 0.3) is 0 Å². The molecule has 2 aromatic carbocycles. The number of aliphatic hydroxyl groups excluding tert-OH is 6. The van der Waals surface area contributed by atoms with Crippen LogP contribution in [0.15, 0.2) is 36.4 Å². The van der Waals surface area contributed by atoms with Crippen LogP contribution < -0.4 is 14.2 Å². The summed E-state index contributed by atoms with van der Waals surface area (Å²) in [6.45, 7) is 3.99. The van der Waals surface area contributed by atoms with Crippen molar-refractivity contribution in [2.75, 3.05) is 7.11 Å². The van der Waals surface area contributed by atoms with E-state index in [0.29, 0.717) is 18.4 Å². The molecule has 0 amide bonds. The van der Waals surface area contributed by atoms with Gasteiger partial charge in [0.2, 0.25) is 12.6 Å². The zero-order chi connectivity index (χ0) is 34.7. The molecule has 0 spiro atoms. The fraction of sp³-hybridized carbons (Fsp3) is 0.548. The molecule has 12 atom stereocenters. The van der Waals surface area contributed by atoms with E-state index in [9.17, 15) is 55.5 Å². The van der Waals surface area contributed by atoms with Gasteiger partial charge in [0, 0.05) is 0 Å². The summed E-state index contributed by atoms with van der Waals surface area (Å²) < 4.78 is 27.0. The van der Waals surface area contributed by atoms with Crippen molar-refractivity contribution in [1.82, 2.24) is 0 Å². The van der Waals surface area contributed by atoms with E-state index in [0.717, 1.165) is 5.56 Å². The van der Waals surface area contributed by atoms with Crippen molar-refractivity contribution in [2.24, 2.45) is 11.8 Å². The third-order valence-corrected chi connectivity index (χ3v) is 8.45. The Morgan fingerprint density at radius 2 is 1.09 bits per heavy atom. The van der Waals surface area contributed by atoms with Crippen LogP contribution in [0.5, 0.6) is 23.0 Å². The molecule has 2 fully saturated rings. The Morgan fingerprint density at radius 3 is 1.53 bits per heavy atom. The highest BCUT2D eigenvalue weighted by Gasteiger charge is 2.49. The van der Waals surface area contributed by atoms with Gasteiger partial charge in [-0.25, -0.2) is 9.59 Å². The van der Waals surface area contributed by atoms with Gasteiger partial charge in [-0.2, -0.15) is 0 Å². The standard InChI is InChI=1S/C31H40O16/c1-12(8-14-4-6-16(32)18(10-14)44-30-24(37)20(33)22(35)26(46-30)28(39)40)13(2)9-15-5-7-17(43-3)19(11-15)45-31-25(38)21(34)23(36)27(47-31)29(41)42/h4-7,10-13,20-27,30-38H,8-9H2,1-3H3,(H,39,40)(H,41,42). The lowest BCUT2D eigenvalue weighted by Gasteiger charge is -2.38. The lowest BCUT2D eigenvalue weighted by atomic mass is 9.85. The molecule has 2 aromatic rings. The molecule has 2 heterocycles. The number of rotatable bonds is 12. The quantitative estimate of drug-likeness (QED) is 0.131. The second-order valence-corrected chi connectivity index (χ2v) is 11.9. The summed E-state index contributed by atoms with van der Waals surface area (Å²) in [4.78, 5) is 22.9. The molecule has 16 heteroatoms. The highest BCUT2D eigenvalue weighted by Crippen LogP contribution is 2.35. The first-order valence-corrected chi connectivity index (χ1v) is 14.8. The predicted molar refractivity (Wildman–Crippen MR) is 157 cm³/mol. The van der Waals surface area contributed by atoms with Gasteiger partial charge in [-0.3, -0.25) is 0 Å². The normalized spacial score (nSPS) is 32.2. The van der Waals surface area contributed by atoms with Crippen LogP contribution >= 0.6 is 0 Å². The molecule has 2 saturated heterocycles. The smallest absolute Gasteiger partial charge is 0.335 e. The van der Waals surface area contributed by atoms with Crippen molar-refractivity contribution in [3.05, 3.63) is 47.5 Å². The number of hydrogen-bond acceptors (Lipinski definition) is 14. The lowest BCUT2D eigenvalue weighted by molar-refractivity contribution is -0.271. The molecular formula is C31H40O16. The Morgan fingerprint density at radius 1 is 0.660 bits per heavy atom. The zero-order valence-corrected chi connectivity index (χ0v) is 25.7. The minimum absolute atomic E-state index is 0.0280. The van der Waals surface area contributed by atoms with Gasteiger partial charge in [0.15, 0.2) is 35.2 Å². The van der Waals surface area contributed by atoms with Crippen LogP contribution in [0.2, 0.25) is 0 Å². The second kappa shape index (κ2) is 15.0. The molecule has 16 nitrogen and oxygen atoms in total. The van der Waals surface area contributed by atoms with Gasteiger partial charge in [-0.05, 0) is 60.1 Å². The number of ether oxygens (including phenoxy) is 5. The first-order chi connectivity index (χ1) is 22.1. The molecule has 260 valence electrons. The summed E-state index contributed by atoms with van der Waals surface area (Å²) in [5, 5.41) is 89.7. The molecule has 0 aromatic heterocycles. The number of methoxy groups -OCH3 is 1. The number of phenols is 1. The van der Waals surface area contributed by atoms with Crippen molar-refractivity contribution in [1.29, 1.82) is 0 Å². The van der Waals surface area contributed by atoms with E-state index in [4.69, 9.17) is 23.7 Å². The van der Waals surface area contributed by atoms with E-state index in [1.165, 1.54) is 19.2 Å². The Balaban J connectivity index is 1.43. The van der Waals surface area contributed by atoms with Crippen LogP contribution in [0, 0.1) is 11.8 Å². The average Bonchev–Trinajstić information content (AvgIpc) is 3.02. The largest absolute Gasteiger partial charge is 0.504 e. The second-order valence-electron chi connectivity index (χ2n) is 11.9. The molecular weight excluding hydrogens is 628 g/mol. The maximum atomic E-state index is 11.5. The predicted octanol–water partition coefficient (Wildman–Crippen LogP) is -1.000. The summed E-state index contributed by atoms with van der Waals surface area (Å²) in [6, 6.07) is 9.55. The van der Waals surface area contributed by atoms with Crippen LogP contribution in [-0.2, 0) is 31.9 Å². The maximum Gasteiger partial charge on any atom is 0.335 e. The topological polar surface area (TPSA) is 262 Å². The number of phenolic OH excluding ortho intramolecular Hbond substituents is 1. The van der Waals surface area contributed by atoms with Gasteiger partial charge in [-0.15, -0.1) is 0 Å². The Kier molecular flexibility index (Phi) is 11.5. The highest BCUT2D eigenvalue weighted by atomic mass is 16.7. The van der Waals surface area contributed by atoms with E-state index in [1.54, 1.807) is 24.3 Å². The van der Waals surface area contributed by atoms with E-state index in [1.807, 2.05) is 13.8 Å². The number of aromatic hydroxyl groups is 1. The van der Waals surface area contributed by atoms with E-state index in [-0.39, 0.29) is 34.8 Å².